The smallest absolute Gasteiger partial charge is 0.226 e. The van der Waals surface area contributed by atoms with E-state index in [0.717, 1.165) is 74.2 Å². The van der Waals surface area contributed by atoms with Crippen molar-refractivity contribution < 1.29 is 13.6 Å². The molecule has 2 saturated carbocycles. The van der Waals surface area contributed by atoms with Gasteiger partial charge in [0.05, 0.1) is 11.5 Å². The Balaban J connectivity index is 1.25. The van der Waals surface area contributed by atoms with Crippen LogP contribution in [0.2, 0.25) is 0 Å². The van der Waals surface area contributed by atoms with E-state index in [1.165, 1.54) is 23.4 Å². The van der Waals surface area contributed by atoms with Gasteiger partial charge in [0.1, 0.15) is 23.1 Å². The van der Waals surface area contributed by atoms with Crippen molar-refractivity contribution in [3.8, 4) is 28.8 Å². The molecule has 2 fully saturated rings. The molecule has 5 nitrogen and oxygen atoms in total. The zero-order valence-electron chi connectivity index (χ0n) is 23.0. The Morgan fingerprint density at radius 1 is 1.00 bits per heavy atom. The van der Waals surface area contributed by atoms with Crippen molar-refractivity contribution in [2.45, 2.75) is 57.3 Å². The number of hydrogen-bond acceptors (Lipinski definition) is 5. The van der Waals surface area contributed by atoms with Crippen LogP contribution < -0.4 is 4.90 Å². The summed E-state index contributed by atoms with van der Waals surface area (Å²) in [6.07, 6.45) is 6.60. The Hall–Kier alpha value is -4.24. The van der Waals surface area contributed by atoms with Crippen LogP contribution in [-0.2, 0) is 11.2 Å². The second-order valence-corrected chi connectivity index (χ2v) is 11.8. The molecule has 4 aromatic rings. The summed E-state index contributed by atoms with van der Waals surface area (Å²) in [6, 6.07) is 25.5. The van der Waals surface area contributed by atoms with Gasteiger partial charge in [-0.05, 0) is 80.1 Å². The van der Waals surface area contributed by atoms with Crippen LogP contribution in [-0.4, -0.2) is 17.3 Å². The number of hydrogen-bond donors (Lipinski definition) is 0. The predicted octanol–water partition coefficient (Wildman–Crippen LogP) is 8.38. The maximum Gasteiger partial charge on any atom is 0.226 e. The molecule has 1 aliphatic heterocycles. The van der Waals surface area contributed by atoms with Crippen LogP contribution in [0.15, 0.2) is 77.2 Å². The maximum absolute atomic E-state index is 13.7. The highest BCUT2D eigenvalue weighted by Gasteiger charge is 2.47. The van der Waals surface area contributed by atoms with E-state index >= 15 is 0 Å². The minimum absolute atomic E-state index is 0.104. The van der Waals surface area contributed by atoms with Crippen LogP contribution in [0.5, 0.6) is 0 Å². The molecule has 2 atom stereocenters. The van der Waals surface area contributed by atoms with Crippen LogP contribution in [0.1, 0.15) is 62.2 Å². The first kappa shape index (κ1) is 25.7. The molecule has 0 spiro atoms. The van der Waals surface area contributed by atoms with Gasteiger partial charge in [0.25, 0.3) is 0 Å². The second-order valence-electron chi connectivity index (χ2n) is 11.8. The summed E-state index contributed by atoms with van der Waals surface area (Å²) in [6.45, 7) is 0.943. The van der Waals surface area contributed by atoms with E-state index < -0.39 is 5.41 Å². The third-order valence-electron chi connectivity index (χ3n) is 9.20. The molecule has 0 unspecified atom stereocenters. The third kappa shape index (κ3) is 4.84. The van der Waals surface area contributed by atoms with E-state index in [4.69, 9.17) is 9.40 Å². The van der Waals surface area contributed by atoms with Crippen molar-refractivity contribution in [1.29, 1.82) is 5.26 Å². The second kappa shape index (κ2) is 10.3. The van der Waals surface area contributed by atoms with Gasteiger partial charge in [-0.25, -0.2) is 9.37 Å². The van der Waals surface area contributed by atoms with Crippen LogP contribution in [0.3, 0.4) is 0 Å². The van der Waals surface area contributed by atoms with Crippen molar-refractivity contribution in [2.24, 2.45) is 11.3 Å². The summed E-state index contributed by atoms with van der Waals surface area (Å²) in [4.78, 5) is 20.9. The van der Waals surface area contributed by atoms with Gasteiger partial charge >= 0.3 is 0 Å². The Morgan fingerprint density at radius 3 is 2.49 bits per heavy atom. The molecule has 0 amide bonds. The third-order valence-corrected chi connectivity index (χ3v) is 9.20. The fourth-order valence-electron chi connectivity index (χ4n) is 6.69. The number of halogens is 1. The summed E-state index contributed by atoms with van der Waals surface area (Å²) < 4.78 is 20.2. The topological polar surface area (TPSA) is 70.1 Å². The van der Waals surface area contributed by atoms with Gasteiger partial charge < -0.3 is 9.32 Å². The molecular formula is C35H32FN3O2. The summed E-state index contributed by atoms with van der Waals surface area (Å²) in [7, 11) is 0. The number of Topliss-reactive ketones (excluding diaryl/α,β-unsaturated/α-hetero) is 1. The summed E-state index contributed by atoms with van der Waals surface area (Å²) in [5.74, 6) is 0.713. The van der Waals surface area contributed by atoms with Gasteiger partial charge in [-0.1, -0.05) is 43.2 Å². The van der Waals surface area contributed by atoms with Crippen molar-refractivity contribution in [1.82, 2.24) is 4.98 Å². The summed E-state index contributed by atoms with van der Waals surface area (Å²) in [5.41, 5.74) is 5.63. The van der Waals surface area contributed by atoms with E-state index in [2.05, 4.69) is 59.5 Å². The van der Waals surface area contributed by atoms with Gasteiger partial charge in [-0.2, -0.15) is 5.26 Å². The molecule has 2 heterocycles. The number of oxazole rings is 1. The lowest BCUT2D eigenvalue weighted by molar-refractivity contribution is -0.125. The number of nitrogens with zero attached hydrogens (tertiary/aromatic N) is 3. The van der Waals surface area contributed by atoms with Crippen molar-refractivity contribution in [3.63, 3.8) is 0 Å². The molecular weight excluding hydrogens is 513 g/mol. The van der Waals surface area contributed by atoms with Gasteiger partial charge in [0.15, 0.2) is 0 Å². The Morgan fingerprint density at radius 2 is 1.73 bits per heavy atom. The van der Waals surface area contributed by atoms with Gasteiger partial charge in [0, 0.05) is 47.3 Å². The standard InChI is InChI=1S/C35H32FN3O2/c36-26-13-9-25(10-14-26)34-38-32(24-11-15-27(16-12-24)39-20-17-23-5-1-4-8-30(23)39)33(41-34)29-7-3-2-6-28(29)31(40)21-35(22-37)18-19-35/h1,4-5,8-16,28-29H,2-3,6-7,17-21H2/t28-,29-/m1/s1. The average Bonchev–Trinajstić information content (AvgIpc) is 3.44. The number of para-hydroxylation sites is 1. The lowest BCUT2D eigenvalue weighted by atomic mass is 9.73. The number of fused-ring (bicyclic) bond motifs is 1. The number of carbonyl (C=O) groups is 1. The summed E-state index contributed by atoms with van der Waals surface area (Å²) >= 11 is 0. The maximum atomic E-state index is 13.7. The van der Waals surface area contributed by atoms with Crippen LogP contribution in [0.25, 0.3) is 22.7 Å². The highest BCUT2D eigenvalue weighted by Crippen LogP contribution is 2.51. The minimum Gasteiger partial charge on any atom is -0.440 e. The molecule has 0 N–H and O–H groups in total. The van der Waals surface area contributed by atoms with Gasteiger partial charge in [-0.15, -0.1) is 0 Å². The monoisotopic (exact) mass is 545 g/mol. The van der Waals surface area contributed by atoms with Crippen LogP contribution >= 0.6 is 0 Å². The number of carbonyl (C=O) groups excluding carboxylic acids is 1. The zero-order chi connectivity index (χ0) is 28.0. The van der Waals surface area contributed by atoms with E-state index in [1.54, 1.807) is 12.1 Å². The van der Waals surface area contributed by atoms with Crippen molar-refractivity contribution in [3.05, 3.63) is 89.9 Å². The number of nitriles is 1. The first-order chi connectivity index (χ1) is 20.0. The fraction of sp³-hybridized carbons (Fsp3) is 0.343. The quantitative estimate of drug-likeness (QED) is 0.233. The number of aromatic nitrogens is 1. The average molecular weight is 546 g/mol. The zero-order valence-corrected chi connectivity index (χ0v) is 23.0. The molecule has 1 aromatic heterocycles. The normalized spacial score (nSPS) is 20.8. The summed E-state index contributed by atoms with van der Waals surface area (Å²) in [5, 5.41) is 9.62. The first-order valence-electron chi connectivity index (χ1n) is 14.7. The minimum atomic E-state index is -0.466. The SMILES string of the molecule is N#CC1(CC(=O)[C@@H]2CCCC[C@H]2c2oc(-c3ccc(F)cc3)nc2-c2ccc(N3CCc4ccccc43)cc2)CC1. The predicted molar refractivity (Wildman–Crippen MR) is 156 cm³/mol. The van der Waals surface area contributed by atoms with E-state index in [1.807, 2.05) is 0 Å². The molecule has 3 aliphatic rings. The lowest BCUT2D eigenvalue weighted by Crippen LogP contribution is -2.27. The number of ketones is 1. The van der Waals surface area contributed by atoms with Crippen LogP contribution in [0, 0.1) is 28.5 Å². The highest BCUT2D eigenvalue weighted by molar-refractivity contribution is 5.84. The Bertz CT molecular complexity index is 1630. The van der Waals surface area contributed by atoms with Gasteiger partial charge in [-0.3, -0.25) is 4.79 Å². The van der Waals surface area contributed by atoms with Gasteiger partial charge in [0.2, 0.25) is 5.89 Å². The Labute approximate surface area is 239 Å². The van der Waals surface area contributed by atoms with E-state index in [9.17, 15) is 14.4 Å². The number of benzene rings is 3. The largest absolute Gasteiger partial charge is 0.440 e. The molecule has 6 heteroatoms. The van der Waals surface area contributed by atoms with Crippen LogP contribution in [0.4, 0.5) is 15.8 Å². The van der Waals surface area contributed by atoms with E-state index in [-0.39, 0.29) is 23.4 Å². The molecule has 0 bridgehead atoms. The van der Waals surface area contributed by atoms with Crippen molar-refractivity contribution >= 4 is 17.2 Å². The number of rotatable bonds is 7. The molecule has 41 heavy (non-hydrogen) atoms. The molecule has 206 valence electrons. The molecule has 0 radical (unpaired) electrons. The fourth-order valence-corrected chi connectivity index (χ4v) is 6.69. The number of anilines is 2. The lowest BCUT2D eigenvalue weighted by Gasteiger charge is -2.30. The Kier molecular flexibility index (Phi) is 6.46. The molecule has 0 saturated heterocycles. The molecule has 3 aromatic carbocycles. The van der Waals surface area contributed by atoms with Crippen molar-refractivity contribution in [2.75, 3.05) is 11.4 Å². The van der Waals surface area contributed by atoms with E-state index in [0.29, 0.717) is 17.9 Å². The first-order valence-corrected chi connectivity index (χ1v) is 14.7. The molecule has 7 rings (SSSR count). The highest BCUT2D eigenvalue weighted by atomic mass is 19.1. The molecule has 2 aliphatic carbocycles.